The van der Waals surface area contributed by atoms with Crippen LogP contribution in [0.15, 0.2) is 24.3 Å². The first kappa shape index (κ1) is 17.5. The molecule has 0 unspecified atom stereocenters. The lowest BCUT2D eigenvalue weighted by molar-refractivity contribution is -0.137. The van der Waals surface area contributed by atoms with Crippen molar-refractivity contribution in [3.8, 4) is 0 Å². The van der Waals surface area contributed by atoms with Crippen molar-refractivity contribution in [3.05, 3.63) is 52.6 Å². The first-order valence-electron chi connectivity index (χ1n) is 7.17. The first-order chi connectivity index (χ1) is 10.9. The van der Waals surface area contributed by atoms with Crippen LogP contribution >= 0.6 is 0 Å². The molecule has 0 radical (unpaired) electrons. The Morgan fingerprint density at radius 1 is 1.22 bits per heavy atom. The lowest BCUT2D eigenvalue weighted by atomic mass is 10.1. The van der Waals surface area contributed by atoms with Gasteiger partial charge in [0.15, 0.2) is 0 Å². The number of rotatable bonds is 6. The number of aliphatic hydroxyl groups is 1. The van der Waals surface area contributed by atoms with E-state index in [4.69, 9.17) is 4.74 Å². The van der Waals surface area contributed by atoms with Gasteiger partial charge in [-0.1, -0.05) is 12.1 Å². The molecular formula is C16H19F3N2O2. The Bertz CT molecular complexity index is 649. The van der Waals surface area contributed by atoms with Gasteiger partial charge in [0, 0.05) is 25.8 Å². The Morgan fingerprint density at radius 3 is 2.39 bits per heavy atom. The van der Waals surface area contributed by atoms with Gasteiger partial charge in [-0.05, 0) is 24.6 Å². The van der Waals surface area contributed by atoms with Gasteiger partial charge in [-0.3, -0.25) is 0 Å². The molecule has 1 heterocycles. The molecule has 0 amide bonds. The molecule has 0 saturated heterocycles. The van der Waals surface area contributed by atoms with Crippen molar-refractivity contribution in [2.45, 2.75) is 32.7 Å². The molecule has 2 rings (SSSR count). The van der Waals surface area contributed by atoms with Crippen LogP contribution in [-0.2, 0) is 30.5 Å². The standard InChI is InChI=1S/C16H19F3N2O2/c1-11-14(10-22)20-15(21(11)7-8-23-2)9-12-3-5-13(6-4-12)16(17,18)19/h3-6,22H,7-10H2,1-2H3. The van der Waals surface area contributed by atoms with E-state index in [1.54, 1.807) is 7.11 Å². The Kier molecular flexibility index (Phi) is 5.43. The average Bonchev–Trinajstić information content (AvgIpc) is 2.80. The molecule has 0 aliphatic carbocycles. The lowest BCUT2D eigenvalue weighted by Gasteiger charge is -2.11. The maximum Gasteiger partial charge on any atom is 0.416 e. The van der Waals surface area contributed by atoms with Gasteiger partial charge in [0.05, 0.1) is 24.5 Å². The summed E-state index contributed by atoms with van der Waals surface area (Å²) in [5.74, 6) is 0.698. The van der Waals surface area contributed by atoms with Crippen LogP contribution in [0.25, 0.3) is 0 Å². The monoisotopic (exact) mass is 328 g/mol. The van der Waals surface area contributed by atoms with Gasteiger partial charge in [0.2, 0.25) is 0 Å². The van der Waals surface area contributed by atoms with Gasteiger partial charge in [-0.15, -0.1) is 0 Å². The number of aromatic nitrogens is 2. The van der Waals surface area contributed by atoms with E-state index in [2.05, 4.69) is 4.98 Å². The van der Waals surface area contributed by atoms with E-state index in [1.807, 2.05) is 11.5 Å². The topological polar surface area (TPSA) is 47.3 Å². The highest BCUT2D eigenvalue weighted by Crippen LogP contribution is 2.29. The van der Waals surface area contributed by atoms with Crippen molar-refractivity contribution in [1.82, 2.24) is 9.55 Å². The van der Waals surface area contributed by atoms with E-state index in [9.17, 15) is 18.3 Å². The minimum atomic E-state index is -4.34. The van der Waals surface area contributed by atoms with Crippen LogP contribution in [0.1, 0.15) is 28.3 Å². The third-order valence-electron chi connectivity index (χ3n) is 3.71. The fourth-order valence-electron chi connectivity index (χ4n) is 2.40. The van der Waals surface area contributed by atoms with Crippen LogP contribution in [0.5, 0.6) is 0 Å². The highest BCUT2D eigenvalue weighted by Gasteiger charge is 2.30. The summed E-state index contributed by atoms with van der Waals surface area (Å²) >= 11 is 0. The number of benzene rings is 1. The van der Waals surface area contributed by atoms with Crippen molar-refractivity contribution in [2.75, 3.05) is 13.7 Å². The Hall–Kier alpha value is -1.86. The average molecular weight is 328 g/mol. The van der Waals surface area contributed by atoms with Crippen molar-refractivity contribution in [1.29, 1.82) is 0 Å². The van der Waals surface area contributed by atoms with Crippen LogP contribution < -0.4 is 0 Å². The van der Waals surface area contributed by atoms with E-state index in [0.717, 1.165) is 23.4 Å². The number of methoxy groups -OCH3 is 1. The molecule has 126 valence electrons. The second-order valence-corrected chi connectivity index (χ2v) is 5.23. The zero-order chi connectivity index (χ0) is 17.0. The van der Waals surface area contributed by atoms with Gasteiger partial charge < -0.3 is 14.4 Å². The van der Waals surface area contributed by atoms with Crippen LogP contribution in [0.4, 0.5) is 13.2 Å². The molecule has 1 aromatic heterocycles. The highest BCUT2D eigenvalue weighted by atomic mass is 19.4. The van der Waals surface area contributed by atoms with E-state index in [0.29, 0.717) is 31.1 Å². The molecule has 23 heavy (non-hydrogen) atoms. The van der Waals surface area contributed by atoms with Gasteiger partial charge in [0.1, 0.15) is 5.82 Å². The molecular weight excluding hydrogens is 309 g/mol. The predicted octanol–water partition coefficient (Wildman–Crippen LogP) is 2.94. The third-order valence-corrected chi connectivity index (χ3v) is 3.71. The molecule has 0 bridgehead atoms. The third kappa shape index (κ3) is 4.11. The van der Waals surface area contributed by atoms with Gasteiger partial charge in [0.25, 0.3) is 0 Å². The second-order valence-electron chi connectivity index (χ2n) is 5.23. The Labute approximate surface area is 132 Å². The summed E-state index contributed by atoms with van der Waals surface area (Å²) in [6.07, 6.45) is -3.95. The predicted molar refractivity (Wildman–Crippen MR) is 79.0 cm³/mol. The molecule has 0 aliphatic rings. The summed E-state index contributed by atoms with van der Waals surface area (Å²) in [5.41, 5.74) is 1.47. The summed E-state index contributed by atoms with van der Waals surface area (Å²) in [6.45, 7) is 2.74. The SMILES string of the molecule is COCCn1c(Cc2ccc(C(F)(F)F)cc2)nc(CO)c1C. The number of nitrogens with zero attached hydrogens (tertiary/aromatic N) is 2. The van der Waals surface area contributed by atoms with Crippen LogP contribution in [0, 0.1) is 6.92 Å². The number of hydrogen-bond acceptors (Lipinski definition) is 3. The molecule has 0 atom stereocenters. The summed E-state index contributed by atoms with van der Waals surface area (Å²) < 4.78 is 44.8. The Balaban J connectivity index is 2.25. The van der Waals surface area contributed by atoms with Gasteiger partial charge in [-0.2, -0.15) is 13.2 Å². The van der Waals surface area contributed by atoms with Crippen LogP contribution in [0.3, 0.4) is 0 Å². The molecule has 1 aromatic carbocycles. The van der Waals surface area contributed by atoms with Crippen LogP contribution in [0.2, 0.25) is 0 Å². The summed E-state index contributed by atoms with van der Waals surface area (Å²) in [4.78, 5) is 4.38. The molecule has 2 aromatic rings. The minimum Gasteiger partial charge on any atom is -0.390 e. The molecule has 7 heteroatoms. The summed E-state index contributed by atoms with van der Waals surface area (Å²) in [7, 11) is 1.59. The lowest BCUT2D eigenvalue weighted by Crippen LogP contribution is -2.11. The van der Waals surface area contributed by atoms with Crippen molar-refractivity contribution in [3.63, 3.8) is 0 Å². The van der Waals surface area contributed by atoms with E-state index in [1.165, 1.54) is 12.1 Å². The molecule has 0 aliphatic heterocycles. The van der Waals surface area contributed by atoms with Crippen molar-refractivity contribution < 1.29 is 23.0 Å². The van der Waals surface area contributed by atoms with E-state index >= 15 is 0 Å². The number of aliphatic hydroxyl groups excluding tert-OH is 1. The second kappa shape index (κ2) is 7.14. The number of hydrogen-bond donors (Lipinski definition) is 1. The molecule has 4 nitrogen and oxygen atoms in total. The minimum absolute atomic E-state index is 0.175. The van der Waals surface area contributed by atoms with Crippen molar-refractivity contribution in [2.24, 2.45) is 0 Å². The van der Waals surface area contributed by atoms with Gasteiger partial charge >= 0.3 is 6.18 Å². The fraction of sp³-hybridized carbons (Fsp3) is 0.438. The number of alkyl halides is 3. The maximum atomic E-state index is 12.6. The maximum absolute atomic E-state index is 12.6. The number of ether oxygens (including phenoxy) is 1. The molecule has 1 N–H and O–H groups in total. The zero-order valence-electron chi connectivity index (χ0n) is 13.0. The normalized spacial score (nSPS) is 11.9. The molecule has 0 saturated carbocycles. The van der Waals surface area contributed by atoms with E-state index < -0.39 is 11.7 Å². The Morgan fingerprint density at radius 2 is 1.87 bits per heavy atom. The summed E-state index contributed by atoms with van der Waals surface area (Å²) in [5, 5.41) is 9.34. The molecule has 0 fully saturated rings. The number of halogens is 3. The highest BCUT2D eigenvalue weighted by molar-refractivity contribution is 5.28. The zero-order valence-corrected chi connectivity index (χ0v) is 13.0. The fourth-order valence-corrected chi connectivity index (χ4v) is 2.40. The largest absolute Gasteiger partial charge is 0.416 e. The molecule has 0 spiro atoms. The van der Waals surface area contributed by atoms with Crippen LogP contribution in [-0.4, -0.2) is 28.4 Å². The smallest absolute Gasteiger partial charge is 0.390 e. The first-order valence-corrected chi connectivity index (χ1v) is 7.17. The number of imidazole rings is 1. The van der Waals surface area contributed by atoms with Gasteiger partial charge in [-0.25, -0.2) is 4.98 Å². The van der Waals surface area contributed by atoms with E-state index in [-0.39, 0.29) is 6.61 Å². The summed E-state index contributed by atoms with van der Waals surface area (Å²) in [6, 6.07) is 5.04. The quantitative estimate of drug-likeness (QED) is 0.887. The van der Waals surface area contributed by atoms with Crippen molar-refractivity contribution >= 4 is 0 Å².